The minimum Gasteiger partial charge on any atom is -0.369 e. The van der Waals surface area contributed by atoms with E-state index in [1.165, 1.54) is 0 Å². The van der Waals surface area contributed by atoms with Crippen LogP contribution in [0, 0.1) is 0 Å². The van der Waals surface area contributed by atoms with Crippen molar-refractivity contribution in [3.63, 3.8) is 0 Å². The normalized spacial score (nSPS) is 14.4. The van der Waals surface area contributed by atoms with Crippen LogP contribution in [-0.2, 0) is 0 Å². The zero-order valence-corrected chi connectivity index (χ0v) is 6.91. The van der Waals surface area contributed by atoms with E-state index >= 15 is 0 Å². The monoisotopic (exact) mass is 206 g/mol. The lowest BCUT2D eigenvalue weighted by molar-refractivity contribution is 0.147. The number of halogens is 3. The van der Waals surface area contributed by atoms with E-state index in [9.17, 15) is 4.79 Å². The van der Waals surface area contributed by atoms with Crippen molar-refractivity contribution in [1.29, 1.82) is 0 Å². The van der Waals surface area contributed by atoms with Gasteiger partial charge >= 0.3 is 6.03 Å². The van der Waals surface area contributed by atoms with Crippen molar-refractivity contribution in [2.75, 3.05) is 0 Å². The lowest BCUT2D eigenvalue weighted by Gasteiger charge is -2.18. The van der Waals surface area contributed by atoms with E-state index in [-0.39, 0.29) is 0 Å². The van der Waals surface area contributed by atoms with Gasteiger partial charge in [-0.2, -0.15) is 0 Å². The summed E-state index contributed by atoms with van der Waals surface area (Å²) < 4.78 is -1.95. The van der Waals surface area contributed by atoms with Gasteiger partial charge in [0, 0.05) is 0 Å². The number of nitrogens with one attached hydrogen (secondary N) is 1. The van der Waals surface area contributed by atoms with Gasteiger partial charge in [-0.25, -0.2) is 4.79 Å². The highest BCUT2D eigenvalue weighted by atomic mass is 35.6. The van der Waals surface area contributed by atoms with E-state index in [1.807, 2.05) is 0 Å². The maximum atomic E-state index is 10.0. The number of aliphatic hydroxyl groups is 1. The highest BCUT2D eigenvalue weighted by molar-refractivity contribution is 6.68. The summed E-state index contributed by atoms with van der Waals surface area (Å²) in [4.78, 5) is 10.0. The maximum Gasteiger partial charge on any atom is 0.314 e. The third-order valence-electron chi connectivity index (χ3n) is 0.589. The lowest BCUT2D eigenvalue weighted by Crippen LogP contribution is -2.45. The number of rotatable bonds is 1. The van der Waals surface area contributed by atoms with E-state index in [0.29, 0.717) is 0 Å². The average molecular weight is 207 g/mol. The molecule has 1 unspecified atom stereocenters. The molecule has 10 heavy (non-hydrogen) atoms. The molecule has 60 valence electrons. The summed E-state index contributed by atoms with van der Waals surface area (Å²) in [7, 11) is 0. The van der Waals surface area contributed by atoms with Crippen molar-refractivity contribution in [3.8, 4) is 0 Å². The minimum absolute atomic E-state index is 0.959. The molecule has 0 aliphatic carbocycles. The van der Waals surface area contributed by atoms with Gasteiger partial charge in [0.2, 0.25) is 3.79 Å². The van der Waals surface area contributed by atoms with Gasteiger partial charge in [-0.15, -0.1) is 0 Å². The zero-order valence-electron chi connectivity index (χ0n) is 4.64. The van der Waals surface area contributed by atoms with Crippen LogP contribution in [0.5, 0.6) is 0 Å². The standard InChI is InChI=1S/C3H5Cl3N2O2/c4-3(5,6)1(9)8-2(7)10/h1,9H,(H3,7,8,10). The van der Waals surface area contributed by atoms with Gasteiger partial charge in [-0.1, -0.05) is 34.8 Å². The minimum atomic E-state index is -1.95. The molecule has 1 atom stereocenters. The molecule has 0 aliphatic heterocycles. The highest BCUT2D eigenvalue weighted by Gasteiger charge is 2.31. The van der Waals surface area contributed by atoms with Crippen molar-refractivity contribution in [1.82, 2.24) is 5.32 Å². The molecule has 2 amide bonds. The summed E-state index contributed by atoms with van der Waals surface area (Å²) in [6.07, 6.45) is -1.59. The lowest BCUT2D eigenvalue weighted by atomic mass is 10.6. The van der Waals surface area contributed by atoms with E-state index in [4.69, 9.17) is 39.9 Å². The molecule has 0 aromatic rings. The first kappa shape index (κ1) is 10.1. The molecule has 4 nitrogen and oxygen atoms in total. The Morgan fingerprint density at radius 2 is 2.00 bits per heavy atom. The fourth-order valence-electron chi connectivity index (χ4n) is 0.217. The molecule has 0 aliphatic rings. The Morgan fingerprint density at radius 1 is 1.60 bits per heavy atom. The molecule has 0 aromatic carbocycles. The molecule has 0 heterocycles. The molecule has 7 heteroatoms. The number of carbonyl (C=O) groups is 1. The highest BCUT2D eigenvalue weighted by Crippen LogP contribution is 2.28. The summed E-state index contributed by atoms with van der Waals surface area (Å²) in [5, 5.41) is 10.5. The van der Waals surface area contributed by atoms with Gasteiger partial charge < -0.3 is 16.2 Å². The van der Waals surface area contributed by atoms with Crippen molar-refractivity contribution in [2.24, 2.45) is 5.73 Å². The van der Waals surface area contributed by atoms with E-state index < -0.39 is 16.1 Å². The number of carbonyl (C=O) groups excluding carboxylic acids is 1. The second-order valence-corrected chi connectivity index (χ2v) is 3.82. The molecule has 0 spiro atoms. The first-order valence-corrected chi connectivity index (χ1v) is 3.28. The van der Waals surface area contributed by atoms with Crippen molar-refractivity contribution >= 4 is 40.8 Å². The number of urea groups is 1. The maximum absolute atomic E-state index is 10.0. The fraction of sp³-hybridized carbons (Fsp3) is 0.667. The van der Waals surface area contributed by atoms with Gasteiger partial charge in [0.1, 0.15) is 0 Å². The second-order valence-electron chi connectivity index (χ2n) is 1.45. The smallest absolute Gasteiger partial charge is 0.314 e. The molecule has 0 radical (unpaired) electrons. The molecule has 0 aromatic heterocycles. The predicted molar refractivity (Wildman–Crippen MR) is 39.0 cm³/mol. The van der Waals surface area contributed by atoms with Crippen LogP contribution in [-0.4, -0.2) is 21.2 Å². The third-order valence-corrected chi connectivity index (χ3v) is 1.21. The number of primary amides is 1. The quantitative estimate of drug-likeness (QED) is 0.428. The Labute approximate surface area is 72.2 Å². The Bertz CT molecular complexity index is 134. The van der Waals surface area contributed by atoms with Gasteiger partial charge in [0.05, 0.1) is 0 Å². The Balaban J connectivity index is 3.85. The first-order chi connectivity index (χ1) is 4.34. The van der Waals surface area contributed by atoms with E-state index in [2.05, 4.69) is 5.73 Å². The predicted octanol–water partition coefficient (Wildman–Crippen LogP) is 0.343. The van der Waals surface area contributed by atoms with Gasteiger partial charge in [0.15, 0.2) is 6.23 Å². The average Bonchev–Trinajstić information content (AvgIpc) is 1.60. The van der Waals surface area contributed by atoms with Gasteiger partial charge in [-0.05, 0) is 0 Å². The summed E-state index contributed by atoms with van der Waals surface area (Å²) in [6.45, 7) is 0. The van der Waals surface area contributed by atoms with Crippen LogP contribution in [0.15, 0.2) is 0 Å². The molecular formula is C3H5Cl3N2O2. The molecular weight excluding hydrogens is 202 g/mol. The molecule has 0 saturated carbocycles. The SMILES string of the molecule is NC(=O)NC(O)C(Cl)(Cl)Cl. The molecule has 0 saturated heterocycles. The summed E-state index contributed by atoms with van der Waals surface area (Å²) >= 11 is 15.4. The zero-order chi connectivity index (χ0) is 8.36. The van der Waals surface area contributed by atoms with Crippen molar-refractivity contribution in [2.45, 2.75) is 10.0 Å². The van der Waals surface area contributed by atoms with Crippen molar-refractivity contribution < 1.29 is 9.90 Å². The van der Waals surface area contributed by atoms with Crippen LogP contribution in [0.1, 0.15) is 0 Å². The molecule has 0 bridgehead atoms. The summed E-state index contributed by atoms with van der Waals surface area (Å²) in [5.41, 5.74) is 4.60. The second kappa shape index (κ2) is 3.48. The summed E-state index contributed by atoms with van der Waals surface area (Å²) in [6, 6.07) is -0.959. The number of amides is 2. The summed E-state index contributed by atoms with van der Waals surface area (Å²) in [5.74, 6) is 0. The van der Waals surface area contributed by atoms with Crippen molar-refractivity contribution in [3.05, 3.63) is 0 Å². The van der Waals surface area contributed by atoms with Crippen LogP contribution in [0.4, 0.5) is 4.79 Å². The Kier molecular flexibility index (Phi) is 3.51. The molecule has 4 N–H and O–H groups in total. The van der Waals surface area contributed by atoms with Gasteiger partial charge in [0.25, 0.3) is 0 Å². The Morgan fingerprint density at radius 3 is 2.10 bits per heavy atom. The molecule has 0 rings (SSSR count). The van der Waals surface area contributed by atoms with Crippen LogP contribution >= 0.6 is 34.8 Å². The number of nitrogens with two attached hydrogens (primary N) is 1. The first-order valence-electron chi connectivity index (χ1n) is 2.15. The van der Waals surface area contributed by atoms with Crippen LogP contribution < -0.4 is 11.1 Å². The topological polar surface area (TPSA) is 75.4 Å². The van der Waals surface area contributed by atoms with Gasteiger partial charge in [-0.3, -0.25) is 0 Å². The van der Waals surface area contributed by atoms with E-state index in [0.717, 1.165) is 0 Å². The van der Waals surface area contributed by atoms with Crippen LogP contribution in [0.3, 0.4) is 0 Å². The van der Waals surface area contributed by atoms with Crippen LogP contribution in [0.25, 0.3) is 0 Å². The molecule has 0 fully saturated rings. The fourth-order valence-corrected chi connectivity index (χ4v) is 0.380. The number of alkyl halides is 3. The number of aliphatic hydroxyl groups excluding tert-OH is 1. The number of hydrogen-bond donors (Lipinski definition) is 3. The van der Waals surface area contributed by atoms with E-state index in [1.54, 1.807) is 5.32 Å². The Hall–Kier alpha value is 0.1000. The van der Waals surface area contributed by atoms with Crippen LogP contribution in [0.2, 0.25) is 0 Å². The third kappa shape index (κ3) is 4.00. The largest absolute Gasteiger partial charge is 0.369 e. The number of hydrogen-bond acceptors (Lipinski definition) is 2.